The molecule has 3 heterocycles. The number of carboxylic acids is 1. The minimum Gasteiger partial charge on any atom is -0.494 e. The van der Waals surface area contributed by atoms with E-state index >= 15 is 0 Å². The molecule has 4 rings (SSSR count). The normalized spacial score (nSPS) is 13.5. The summed E-state index contributed by atoms with van der Waals surface area (Å²) in [7, 11) is 3.11. The average molecular weight is 481 g/mol. The van der Waals surface area contributed by atoms with Crippen molar-refractivity contribution in [2.75, 3.05) is 19.0 Å². The van der Waals surface area contributed by atoms with Gasteiger partial charge in [0.15, 0.2) is 11.6 Å². The number of halogens is 1. The molecule has 1 amide bonds. The number of methoxy groups -OCH3 is 1. The van der Waals surface area contributed by atoms with E-state index in [1.165, 1.54) is 24.8 Å². The molecule has 184 valence electrons. The SMILES string of the molecule is COc1ccc(C(CC(=O)O)NC(=O)c2cc(CCc3ccc4c(n3)NCCC4)cn2C)cc1F. The van der Waals surface area contributed by atoms with E-state index in [4.69, 9.17) is 9.72 Å². The molecule has 0 saturated carbocycles. The Balaban J connectivity index is 1.45. The van der Waals surface area contributed by atoms with Gasteiger partial charge in [-0.2, -0.15) is 0 Å². The molecule has 0 fully saturated rings. The van der Waals surface area contributed by atoms with Crippen LogP contribution < -0.4 is 15.4 Å². The third-order valence-corrected chi connectivity index (χ3v) is 6.18. The lowest BCUT2D eigenvalue weighted by atomic mass is 10.0. The van der Waals surface area contributed by atoms with Gasteiger partial charge in [-0.15, -0.1) is 0 Å². The molecule has 35 heavy (non-hydrogen) atoms. The van der Waals surface area contributed by atoms with Crippen LogP contribution in [0.25, 0.3) is 0 Å². The van der Waals surface area contributed by atoms with E-state index in [2.05, 4.69) is 16.7 Å². The van der Waals surface area contributed by atoms with Crippen LogP contribution in [-0.2, 0) is 31.1 Å². The number of ether oxygens (including phenoxy) is 1. The monoisotopic (exact) mass is 480 g/mol. The van der Waals surface area contributed by atoms with E-state index in [9.17, 15) is 19.1 Å². The molecular formula is C26H29FN4O4. The maximum absolute atomic E-state index is 14.2. The first-order chi connectivity index (χ1) is 16.8. The number of carbonyl (C=O) groups is 2. The first-order valence-electron chi connectivity index (χ1n) is 11.6. The maximum atomic E-state index is 14.2. The summed E-state index contributed by atoms with van der Waals surface area (Å²) >= 11 is 0. The quantitative estimate of drug-likeness (QED) is 0.432. The van der Waals surface area contributed by atoms with Crippen molar-refractivity contribution in [1.29, 1.82) is 0 Å². The summed E-state index contributed by atoms with van der Waals surface area (Å²) in [4.78, 5) is 29.1. The number of carboxylic acid groups (broad SMARTS) is 1. The molecule has 9 heteroatoms. The van der Waals surface area contributed by atoms with Crippen molar-refractivity contribution in [3.05, 3.63) is 76.5 Å². The zero-order chi connectivity index (χ0) is 24.9. The number of nitrogens with one attached hydrogen (secondary N) is 2. The summed E-state index contributed by atoms with van der Waals surface area (Å²) in [6.45, 7) is 0.937. The third kappa shape index (κ3) is 5.79. The molecule has 0 bridgehead atoms. The van der Waals surface area contributed by atoms with E-state index in [0.29, 0.717) is 17.7 Å². The lowest BCUT2D eigenvalue weighted by Gasteiger charge is -2.18. The fraction of sp³-hybridized carbons (Fsp3) is 0.346. The molecule has 2 aromatic heterocycles. The minimum atomic E-state index is -1.11. The Bertz CT molecular complexity index is 1240. The van der Waals surface area contributed by atoms with Gasteiger partial charge in [0.1, 0.15) is 11.5 Å². The van der Waals surface area contributed by atoms with Crippen LogP contribution in [0.15, 0.2) is 42.6 Å². The molecule has 1 aliphatic heterocycles. The number of pyridine rings is 1. The Morgan fingerprint density at radius 1 is 1.26 bits per heavy atom. The fourth-order valence-corrected chi connectivity index (χ4v) is 4.33. The number of aliphatic carboxylic acids is 1. The highest BCUT2D eigenvalue weighted by molar-refractivity contribution is 5.93. The number of carbonyl (C=O) groups excluding carboxylic acids is 1. The van der Waals surface area contributed by atoms with E-state index in [-0.39, 0.29) is 12.2 Å². The second-order valence-corrected chi connectivity index (χ2v) is 8.70. The Labute approximate surface area is 203 Å². The van der Waals surface area contributed by atoms with Gasteiger partial charge in [0, 0.05) is 25.5 Å². The molecule has 3 aromatic rings. The number of aromatic nitrogens is 2. The number of rotatable bonds is 9. The Morgan fingerprint density at radius 2 is 2.09 bits per heavy atom. The van der Waals surface area contributed by atoms with Crippen LogP contribution in [0.3, 0.4) is 0 Å². The van der Waals surface area contributed by atoms with Crippen molar-refractivity contribution in [2.45, 2.75) is 38.1 Å². The molecule has 1 atom stereocenters. The average Bonchev–Trinajstić information content (AvgIpc) is 3.22. The van der Waals surface area contributed by atoms with Crippen LogP contribution in [0.2, 0.25) is 0 Å². The van der Waals surface area contributed by atoms with Crippen LogP contribution in [0.5, 0.6) is 5.75 Å². The van der Waals surface area contributed by atoms with Crippen LogP contribution in [0.4, 0.5) is 10.2 Å². The van der Waals surface area contributed by atoms with Crippen molar-refractivity contribution < 1.29 is 23.8 Å². The summed E-state index contributed by atoms with van der Waals surface area (Å²) < 4.78 is 20.8. The molecule has 1 aliphatic rings. The van der Waals surface area contributed by atoms with Crippen LogP contribution in [0.1, 0.15) is 51.8 Å². The predicted molar refractivity (Wildman–Crippen MR) is 129 cm³/mol. The molecular weight excluding hydrogens is 451 g/mol. The van der Waals surface area contributed by atoms with E-state index in [1.54, 1.807) is 23.7 Å². The van der Waals surface area contributed by atoms with Gasteiger partial charge in [-0.3, -0.25) is 9.59 Å². The van der Waals surface area contributed by atoms with Gasteiger partial charge in [-0.05, 0) is 66.6 Å². The van der Waals surface area contributed by atoms with Crippen LogP contribution >= 0.6 is 0 Å². The lowest BCUT2D eigenvalue weighted by Crippen LogP contribution is -2.31. The van der Waals surface area contributed by atoms with E-state index in [1.807, 2.05) is 12.3 Å². The van der Waals surface area contributed by atoms with Crippen LogP contribution in [0, 0.1) is 5.82 Å². The smallest absolute Gasteiger partial charge is 0.305 e. The van der Waals surface area contributed by atoms with E-state index < -0.39 is 23.7 Å². The second-order valence-electron chi connectivity index (χ2n) is 8.70. The highest BCUT2D eigenvalue weighted by Gasteiger charge is 2.22. The number of hydrogen-bond donors (Lipinski definition) is 3. The third-order valence-electron chi connectivity index (χ3n) is 6.18. The number of hydrogen-bond acceptors (Lipinski definition) is 5. The molecule has 8 nitrogen and oxygen atoms in total. The Morgan fingerprint density at radius 3 is 2.83 bits per heavy atom. The largest absolute Gasteiger partial charge is 0.494 e. The zero-order valence-corrected chi connectivity index (χ0v) is 19.8. The first-order valence-corrected chi connectivity index (χ1v) is 11.6. The number of benzene rings is 1. The van der Waals surface area contributed by atoms with Gasteiger partial charge in [-0.25, -0.2) is 9.37 Å². The first kappa shape index (κ1) is 24.3. The molecule has 0 aliphatic carbocycles. The van der Waals surface area contributed by atoms with Crippen molar-refractivity contribution >= 4 is 17.7 Å². The molecule has 0 saturated heterocycles. The number of fused-ring (bicyclic) bond motifs is 1. The van der Waals surface area contributed by atoms with Crippen LogP contribution in [-0.4, -0.2) is 40.2 Å². The number of nitrogens with zero attached hydrogens (tertiary/aromatic N) is 2. The molecule has 1 aromatic carbocycles. The lowest BCUT2D eigenvalue weighted by molar-refractivity contribution is -0.137. The van der Waals surface area contributed by atoms with Gasteiger partial charge >= 0.3 is 5.97 Å². The summed E-state index contributed by atoms with van der Waals surface area (Å²) in [5, 5.41) is 15.4. The van der Waals surface area contributed by atoms with Gasteiger partial charge in [0.05, 0.1) is 19.6 Å². The van der Waals surface area contributed by atoms with Gasteiger partial charge in [0.25, 0.3) is 5.91 Å². The number of aryl methyl sites for hydroxylation is 4. The van der Waals surface area contributed by atoms with Crippen molar-refractivity contribution in [2.24, 2.45) is 7.05 Å². The molecule has 1 unspecified atom stereocenters. The van der Waals surface area contributed by atoms with Crippen molar-refractivity contribution in [1.82, 2.24) is 14.9 Å². The second kappa shape index (κ2) is 10.6. The van der Waals surface area contributed by atoms with Crippen molar-refractivity contribution in [3.8, 4) is 5.75 Å². The summed E-state index contributed by atoms with van der Waals surface area (Å²) in [5.41, 5.74) is 3.93. The van der Waals surface area contributed by atoms with E-state index in [0.717, 1.165) is 42.9 Å². The fourth-order valence-electron chi connectivity index (χ4n) is 4.33. The Hall–Kier alpha value is -3.88. The van der Waals surface area contributed by atoms with Gasteiger partial charge in [-0.1, -0.05) is 12.1 Å². The molecule has 0 radical (unpaired) electrons. The van der Waals surface area contributed by atoms with Gasteiger partial charge in [0.2, 0.25) is 0 Å². The minimum absolute atomic E-state index is 0.0467. The summed E-state index contributed by atoms with van der Waals surface area (Å²) in [6, 6.07) is 9.21. The van der Waals surface area contributed by atoms with Crippen molar-refractivity contribution in [3.63, 3.8) is 0 Å². The highest BCUT2D eigenvalue weighted by atomic mass is 19.1. The Kier molecular flexibility index (Phi) is 7.33. The van der Waals surface area contributed by atoms with Gasteiger partial charge < -0.3 is 25.0 Å². The number of anilines is 1. The highest BCUT2D eigenvalue weighted by Crippen LogP contribution is 2.25. The predicted octanol–water partition coefficient (Wildman–Crippen LogP) is 3.66. The molecule has 3 N–H and O–H groups in total. The standard InChI is InChI=1S/C26H29FN4O4/c1-31-15-16(5-8-19-9-6-17-4-3-11-28-25(17)29-19)12-22(31)26(34)30-21(14-24(32)33)18-7-10-23(35-2)20(27)13-18/h6-7,9-10,12-13,15,21H,3-5,8,11,14H2,1-2H3,(H,28,29)(H,30,34)(H,32,33). The zero-order valence-electron chi connectivity index (χ0n) is 19.8. The summed E-state index contributed by atoms with van der Waals surface area (Å²) in [6.07, 6.45) is 5.09. The summed E-state index contributed by atoms with van der Waals surface area (Å²) in [5.74, 6) is -1.16. The molecule has 0 spiro atoms. The number of amides is 1. The topological polar surface area (TPSA) is 105 Å². The maximum Gasteiger partial charge on any atom is 0.305 e.